The molecular formula is C14H16FN3S2. The maximum Gasteiger partial charge on any atom is 0.205 e. The topological polar surface area (TPSA) is 37.8 Å². The molecule has 0 saturated heterocycles. The molecule has 0 radical (unpaired) electrons. The Balaban J connectivity index is 1.57. The SMILES string of the molecule is CSC1(CNc2nnc(Cc3ccc(F)cc3)s2)CC1. The van der Waals surface area contributed by atoms with Crippen LogP contribution in [0.25, 0.3) is 0 Å². The minimum atomic E-state index is -0.208. The molecule has 0 amide bonds. The Morgan fingerprint density at radius 3 is 2.70 bits per heavy atom. The molecule has 0 atom stereocenters. The summed E-state index contributed by atoms with van der Waals surface area (Å²) in [4.78, 5) is 0. The van der Waals surface area contributed by atoms with Crippen LogP contribution < -0.4 is 5.32 Å². The molecule has 0 bridgehead atoms. The third-order valence-electron chi connectivity index (χ3n) is 3.54. The van der Waals surface area contributed by atoms with Crippen molar-refractivity contribution in [3.63, 3.8) is 0 Å². The Hall–Kier alpha value is -1.14. The molecule has 106 valence electrons. The van der Waals surface area contributed by atoms with Gasteiger partial charge in [0.05, 0.1) is 0 Å². The molecule has 3 rings (SSSR count). The monoisotopic (exact) mass is 309 g/mol. The molecule has 1 aliphatic carbocycles. The van der Waals surface area contributed by atoms with Gasteiger partial charge in [-0.05, 0) is 36.8 Å². The lowest BCUT2D eigenvalue weighted by atomic mass is 10.2. The fourth-order valence-corrected chi connectivity index (χ4v) is 3.50. The molecule has 0 unspecified atom stereocenters. The molecule has 6 heteroatoms. The fraction of sp³-hybridized carbons (Fsp3) is 0.429. The van der Waals surface area contributed by atoms with Crippen molar-refractivity contribution in [1.82, 2.24) is 10.2 Å². The van der Waals surface area contributed by atoms with Crippen molar-refractivity contribution in [2.24, 2.45) is 0 Å². The molecule has 1 aromatic heterocycles. The number of rotatable bonds is 6. The summed E-state index contributed by atoms with van der Waals surface area (Å²) in [6.07, 6.45) is 5.42. The van der Waals surface area contributed by atoms with Gasteiger partial charge in [-0.15, -0.1) is 10.2 Å². The predicted octanol–water partition coefficient (Wildman–Crippen LogP) is 3.58. The largest absolute Gasteiger partial charge is 0.359 e. The maximum absolute atomic E-state index is 12.8. The van der Waals surface area contributed by atoms with Crippen LogP contribution in [0.1, 0.15) is 23.4 Å². The van der Waals surface area contributed by atoms with Crippen molar-refractivity contribution in [1.29, 1.82) is 0 Å². The zero-order chi connectivity index (χ0) is 14.0. The summed E-state index contributed by atoms with van der Waals surface area (Å²) < 4.78 is 13.3. The second-order valence-corrected chi connectivity index (χ2v) is 7.38. The van der Waals surface area contributed by atoms with Crippen molar-refractivity contribution < 1.29 is 4.39 Å². The summed E-state index contributed by atoms with van der Waals surface area (Å²) in [5.74, 6) is -0.208. The van der Waals surface area contributed by atoms with Crippen molar-refractivity contribution in [3.8, 4) is 0 Å². The molecule has 0 spiro atoms. The van der Waals surface area contributed by atoms with E-state index in [2.05, 4.69) is 21.8 Å². The van der Waals surface area contributed by atoms with E-state index in [-0.39, 0.29) is 5.82 Å². The number of hydrogen-bond donors (Lipinski definition) is 1. The van der Waals surface area contributed by atoms with Gasteiger partial charge in [0.25, 0.3) is 0 Å². The van der Waals surface area contributed by atoms with Crippen molar-refractivity contribution in [2.75, 3.05) is 18.1 Å². The first kappa shape index (κ1) is 13.8. The lowest BCUT2D eigenvalue weighted by molar-refractivity contribution is 0.627. The van der Waals surface area contributed by atoms with Crippen molar-refractivity contribution >= 4 is 28.2 Å². The van der Waals surface area contributed by atoms with E-state index in [9.17, 15) is 4.39 Å². The third kappa shape index (κ3) is 3.30. The molecule has 2 aromatic rings. The Kier molecular flexibility index (Phi) is 3.94. The Labute approximate surface area is 126 Å². The molecule has 0 aliphatic heterocycles. The van der Waals surface area contributed by atoms with Crippen LogP contribution in [0.3, 0.4) is 0 Å². The van der Waals surface area contributed by atoms with Crippen LogP contribution in [0, 0.1) is 5.82 Å². The lowest BCUT2D eigenvalue weighted by Gasteiger charge is -2.11. The Morgan fingerprint density at radius 2 is 2.05 bits per heavy atom. The number of hydrogen-bond acceptors (Lipinski definition) is 5. The first-order valence-electron chi connectivity index (χ1n) is 6.55. The van der Waals surface area contributed by atoms with Gasteiger partial charge in [0.15, 0.2) is 0 Å². The van der Waals surface area contributed by atoms with Crippen molar-refractivity contribution in [2.45, 2.75) is 24.0 Å². The van der Waals surface area contributed by atoms with Gasteiger partial charge in [0.1, 0.15) is 10.8 Å². The standard InChI is InChI=1S/C14H16FN3S2/c1-19-14(6-7-14)9-16-13-18-17-12(20-13)8-10-2-4-11(15)5-3-10/h2-5H,6-9H2,1H3,(H,16,18). The second kappa shape index (κ2) is 5.69. The molecular weight excluding hydrogens is 293 g/mol. The summed E-state index contributed by atoms with van der Waals surface area (Å²) >= 11 is 3.50. The number of thioether (sulfide) groups is 1. The number of nitrogens with zero attached hydrogens (tertiary/aromatic N) is 2. The fourth-order valence-electron chi connectivity index (χ4n) is 2.00. The van der Waals surface area contributed by atoms with E-state index in [0.29, 0.717) is 11.2 Å². The normalized spacial score (nSPS) is 16.1. The van der Waals surface area contributed by atoms with Crippen LogP contribution in [-0.2, 0) is 6.42 Å². The molecule has 1 aromatic carbocycles. The minimum absolute atomic E-state index is 0.208. The lowest BCUT2D eigenvalue weighted by Crippen LogP contribution is -2.17. The second-order valence-electron chi connectivity index (χ2n) is 5.04. The number of aromatic nitrogens is 2. The highest BCUT2D eigenvalue weighted by atomic mass is 32.2. The Morgan fingerprint density at radius 1 is 1.30 bits per heavy atom. The van der Waals surface area contributed by atoms with Gasteiger partial charge in [0.2, 0.25) is 5.13 Å². The Bertz CT molecular complexity index is 578. The van der Waals surface area contributed by atoms with Crippen LogP contribution in [0.4, 0.5) is 9.52 Å². The summed E-state index contributed by atoms with van der Waals surface area (Å²) in [7, 11) is 0. The average Bonchev–Trinajstić information content (AvgIpc) is 3.12. The van der Waals surface area contributed by atoms with E-state index in [0.717, 1.165) is 22.2 Å². The maximum atomic E-state index is 12.8. The van der Waals surface area contributed by atoms with Crippen molar-refractivity contribution in [3.05, 3.63) is 40.7 Å². The average molecular weight is 309 g/mol. The molecule has 20 heavy (non-hydrogen) atoms. The van der Waals surface area contributed by atoms with Gasteiger partial charge in [-0.3, -0.25) is 0 Å². The van der Waals surface area contributed by atoms with E-state index in [4.69, 9.17) is 0 Å². The van der Waals surface area contributed by atoms with Gasteiger partial charge >= 0.3 is 0 Å². The number of nitrogens with one attached hydrogen (secondary N) is 1. The third-order valence-corrected chi connectivity index (χ3v) is 5.84. The highest BCUT2D eigenvalue weighted by molar-refractivity contribution is 8.00. The van der Waals surface area contributed by atoms with Gasteiger partial charge in [0, 0.05) is 17.7 Å². The van der Waals surface area contributed by atoms with Gasteiger partial charge in [-0.25, -0.2) is 4.39 Å². The van der Waals surface area contributed by atoms with Crippen LogP contribution >= 0.6 is 23.1 Å². The quantitative estimate of drug-likeness (QED) is 0.885. The minimum Gasteiger partial charge on any atom is -0.359 e. The van der Waals surface area contributed by atoms with Crippen LogP contribution in [0.15, 0.2) is 24.3 Å². The van der Waals surface area contributed by atoms with Crippen LogP contribution in [-0.4, -0.2) is 27.7 Å². The molecule has 1 heterocycles. The summed E-state index contributed by atoms with van der Waals surface area (Å²) in [5, 5.41) is 13.6. The molecule has 3 nitrogen and oxygen atoms in total. The first-order chi connectivity index (χ1) is 9.69. The zero-order valence-electron chi connectivity index (χ0n) is 11.2. The summed E-state index contributed by atoms with van der Waals surface area (Å²) in [6, 6.07) is 6.53. The first-order valence-corrected chi connectivity index (χ1v) is 8.59. The molecule has 1 saturated carbocycles. The van der Waals surface area contributed by atoms with Crippen LogP contribution in [0.2, 0.25) is 0 Å². The van der Waals surface area contributed by atoms with Gasteiger partial charge in [-0.2, -0.15) is 11.8 Å². The summed E-state index contributed by atoms with van der Waals surface area (Å²) in [5.41, 5.74) is 1.05. The van der Waals surface area contributed by atoms with Gasteiger partial charge in [-0.1, -0.05) is 23.5 Å². The van der Waals surface area contributed by atoms with E-state index >= 15 is 0 Å². The molecule has 1 aliphatic rings. The highest BCUT2D eigenvalue weighted by Crippen LogP contribution is 2.47. The molecule has 1 N–H and O–H groups in total. The molecule has 1 fully saturated rings. The van der Waals surface area contributed by atoms with E-state index < -0.39 is 0 Å². The highest BCUT2D eigenvalue weighted by Gasteiger charge is 2.41. The number of anilines is 1. The number of benzene rings is 1. The van der Waals surface area contributed by atoms with E-state index in [1.807, 2.05) is 11.8 Å². The predicted molar refractivity (Wildman–Crippen MR) is 83.1 cm³/mol. The number of halogens is 1. The smallest absolute Gasteiger partial charge is 0.205 e. The van der Waals surface area contributed by atoms with E-state index in [1.54, 1.807) is 23.5 Å². The summed E-state index contributed by atoms with van der Waals surface area (Å²) in [6.45, 7) is 0.958. The van der Waals surface area contributed by atoms with Gasteiger partial charge < -0.3 is 5.32 Å². The zero-order valence-corrected chi connectivity index (χ0v) is 12.9. The van der Waals surface area contributed by atoms with E-state index in [1.165, 1.54) is 25.0 Å². The van der Waals surface area contributed by atoms with Crippen LogP contribution in [0.5, 0.6) is 0 Å².